The van der Waals surface area contributed by atoms with Crippen molar-refractivity contribution in [3.8, 4) is 0 Å². The number of anilines is 1. The number of carbonyl (C=O) groups is 1. The number of amides is 1. The predicted molar refractivity (Wildman–Crippen MR) is 68.4 cm³/mol. The van der Waals surface area contributed by atoms with Crippen LogP contribution in [0.4, 0.5) is 5.82 Å². The highest BCUT2D eigenvalue weighted by atomic mass is 32.2. The van der Waals surface area contributed by atoms with Gasteiger partial charge < -0.3 is 5.32 Å². The number of hydrogen-bond acceptors (Lipinski definition) is 5. The molecule has 2 rings (SSSR count). The van der Waals surface area contributed by atoms with Gasteiger partial charge in [0.2, 0.25) is 11.1 Å². The highest BCUT2D eigenvalue weighted by molar-refractivity contribution is 7.99. The van der Waals surface area contributed by atoms with Crippen molar-refractivity contribution < 1.29 is 4.79 Å². The van der Waals surface area contributed by atoms with Gasteiger partial charge in [0, 0.05) is 13.1 Å². The van der Waals surface area contributed by atoms with Crippen LogP contribution in [-0.4, -0.2) is 36.6 Å². The standard InChI is InChI=1S/C10H14N6OS/c1-6-4-8(16(3)15-6)12-9(17)5-18-10-11-7(2)13-14-10/h4H,5H2,1-3H3,(H,12,17)(H,11,13,14). The summed E-state index contributed by atoms with van der Waals surface area (Å²) in [7, 11) is 1.79. The molecule has 0 saturated carbocycles. The molecule has 0 aliphatic carbocycles. The first kappa shape index (κ1) is 12.6. The molecule has 2 N–H and O–H groups in total. The molecule has 0 fully saturated rings. The van der Waals surface area contributed by atoms with Crippen LogP contribution in [0.25, 0.3) is 0 Å². The fraction of sp³-hybridized carbons (Fsp3) is 0.400. The van der Waals surface area contributed by atoms with E-state index in [1.165, 1.54) is 11.8 Å². The van der Waals surface area contributed by atoms with E-state index >= 15 is 0 Å². The molecule has 96 valence electrons. The quantitative estimate of drug-likeness (QED) is 0.802. The van der Waals surface area contributed by atoms with E-state index in [1.807, 2.05) is 19.9 Å². The first-order valence-corrected chi connectivity index (χ1v) is 6.35. The molecule has 0 unspecified atom stereocenters. The van der Waals surface area contributed by atoms with E-state index < -0.39 is 0 Å². The third-order valence-corrected chi connectivity index (χ3v) is 3.03. The number of rotatable bonds is 4. The Morgan fingerprint density at radius 1 is 1.56 bits per heavy atom. The third kappa shape index (κ3) is 3.10. The summed E-state index contributed by atoms with van der Waals surface area (Å²) in [5, 5.41) is 14.2. The molecule has 8 heteroatoms. The van der Waals surface area contributed by atoms with Gasteiger partial charge in [-0.05, 0) is 13.8 Å². The van der Waals surface area contributed by atoms with E-state index in [9.17, 15) is 4.79 Å². The minimum Gasteiger partial charge on any atom is -0.310 e. The summed E-state index contributed by atoms with van der Waals surface area (Å²) in [4.78, 5) is 15.8. The maximum Gasteiger partial charge on any atom is 0.235 e. The lowest BCUT2D eigenvalue weighted by Gasteiger charge is -2.03. The van der Waals surface area contributed by atoms with Crippen LogP contribution in [-0.2, 0) is 11.8 Å². The van der Waals surface area contributed by atoms with Crippen molar-refractivity contribution in [2.24, 2.45) is 7.05 Å². The summed E-state index contributed by atoms with van der Waals surface area (Å²) in [6.45, 7) is 3.69. The average molecular weight is 266 g/mol. The molecular formula is C10H14N6OS. The van der Waals surface area contributed by atoms with Crippen LogP contribution >= 0.6 is 11.8 Å². The summed E-state index contributed by atoms with van der Waals surface area (Å²) in [6.07, 6.45) is 0. The van der Waals surface area contributed by atoms with Gasteiger partial charge >= 0.3 is 0 Å². The van der Waals surface area contributed by atoms with Crippen molar-refractivity contribution in [3.63, 3.8) is 0 Å². The van der Waals surface area contributed by atoms with Crippen LogP contribution in [0.2, 0.25) is 0 Å². The fourth-order valence-electron chi connectivity index (χ4n) is 1.42. The van der Waals surface area contributed by atoms with Crippen LogP contribution in [0.15, 0.2) is 11.2 Å². The van der Waals surface area contributed by atoms with Crippen molar-refractivity contribution in [1.29, 1.82) is 0 Å². The molecule has 7 nitrogen and oxygen atoms in total. The largest absolute Gasteiger partial charge is 0.310 e. The van der Waals surface area contributed by atoms with Gasteiger partial charge in [-0.2, -0.15) is 5.10 Å². The summed E-state index contributed by atoms with van der Waals surface area (Å²) in [5.74, 6) is 1.58. The molecule has 0 aliphatic heterocycles. The number of aryl methyl sites for hydroxylation is 3. The zero-order valence-electron chi connectivity index (χ0n) is 10.4. The van der Waals surface area contributed by atoms with Crippen LogP contribution in [0.1, 0.15) is 11.5 Å². The number of aromatic amines is 1. The van der Waals surface area contributed by atoms with Gasteiger partial charge in [0.25, 0.3) is 0 Å². The maximum absolute atomic E-state index is 11.7. The highest BCUT2D eigenvalue weighted by Crippen LogP contribution is 2.13. The lowest BCUT2D eigenvalue weighted by Crippen LogP contribution is -2.16. The van der Waals surface area contributed by atoms with Crippen molar-refractivity contribution in [3.05, 3.63) is 17.6 Å². The Labute approximate surface area is 108 Å². The predicted octanol–water partition coefficient (Wildman–Crippen LogP) is 0.886. The average Bonchev–Trinajstić information content (AvgIpc) is 2.83. The zero-order chi connectivity index (χ0) is 13.1. The van der Waals surface area contributed by atoms with E-state index in [1.54, 1.807) is 11.7 Å². The molecule has 2 aromatic rings. The maximum atomic E-state index is 11.7. The van der Waals surface area contributed by atoms with Gasteiger partial charge in [0.05, 0.1) is 11.4 Å². The van der Waals surface area contributed by atoms with Gasteiger partial charge in [-0.3, -0.25) is 14.6 Å². The van der Waals surface area contributed by atoms with Crippen LogP contribution in [0.3, 0.4) is 0 Å². The SMILES string of the molecule is Cc1cc(NC(=O)CSc2n[nH]c(C)n2)n(C)n1. The lowest BCUT2D eigenvalue weighted by atomic mass is 10.4. The molecule has 1 amide bonds. The van der Waals surface area contributed by atoms with Crippen molar-refractivity contribution in [2.45, 2.75) is 19.0 Å². The molecule has 0 aromatic carbocycles. The van der Waals surface area contributed by atoms with Crippen molar-refractivity contribution >= 4 is 23.5 Å². The molecule has 2 heterocycles. The number of nitrogens with zero attached hydrogens (tertiary/aromatic N) is 4. The molecular weight excluding hydrogens is 252 g/mol. The van der Waals surface area contributed by atoms with Gasteiger partial charge in [-0.25, -0.2) is 4.98 Å². The Hall–Kier alpha value is -1.83. The summed E-state index contributed by atoms with van der Waals surface area (Å²) in [6, 6.07) is 1.82. The van der Waals surface area contributed by atoms with Crippen molar-refractivity contribution in [2.75, 3.05) is 11.1 Å². The molecule has 0 spiro atoms. The molecule has 0 radical (unpaired) electrons. The molecule has 0 bridgehead atoms. The number of thioether (sulfide) groups is 1. The van der Waals surface area contributed by atoms with E-state index in [2.05, 4.69) is 25.6 Å². The Morgan fingerprint density at radius 3 is 2.89 bits per heavy atom. The molecule has 0 aliphatic rings. The van der Waals surface area contributed by atoms with E-state index in [0.29, 0.717) is 11.0 Å². The smallest absolute Gasteiger partial charge is 0.235 e. The van der Waals surface area contributed by atoms with E-state index in [-0.39, 0.29) is 11.7 Å². The Kier molecular flexibility index (Phi) is 3.66. The summed E-state index contributed by atoms with van der Waals surface area (Å²) in [5.41, 5.74) is 0.866. The first-order chi connectivity index (χ1) is 8.54. The number of carbonyl (C=O) groups excluding carboxylic acids is 1. The number of aromatic nitrogens is 5. The van der Waals surface area contributed by atoms with Gasteiger partial charge in [0.15, 0.2) is 0 Å². The molecule has 0 atom stereocenters. The zero-order valence-corrected chi connectivity index (χ0v) is 11.2. The molecule has 0 saturated heterocycles. The van der Waals surface area contributed by atoms with E-state index in [0.717, 1.165) is 11.5 Å². The number of H-pyrrole nitrogens is 1. The van der Waals surface area contributed by atoms with E-state index in [4.69, 9.17) is 0 Å². The Morgan fingerprint density at radius 2 is 2.33 bits per heavy atom. The summed E-state index contributed by atoms with van der Waals surface area (Å²) < 4.78 is 1.63. The van der Waals surface area contributed by atoms with Gasteiger partial charge in [-0.1, -0.05) is 11.8 Å². The molecule has 18 heavy (non-hydrogen) atoms. The number of nitrogens with one attached hydrogen (secondary N) is 2. The monoisotopic (exact) mass is 266 g/mol. The second kappa shape index (κ2) is 5.21. The second-order valence-electron chi connectivity index (χ2n) is 3.83. The topological polar surface area (TPSA) is 88.5 Å². The van der Waals surface area contributed by atoms with Crippen LogP contribution in [0, 0.1) is 13.8 Å². The molecule has 2 aromatic heterocycles. The number of hydrogen-bond donors (Lipinski definition) is 2. The van der Waals surface area contributed by atoms with Crippen LogP contribution < -0.4 is 5.32 Å². The van der Waals surface area contributed by atoms with Gasteiger partial charge in [-0.15, -0.1) is 5.10 Å². The summed E-state index contributed by atoms with van der Waals surface area (Å²) >= 11 is 1.29. The van der Waals surface area contributed by atoms with Gasteiger partial charge in [0.1, 0.15) is 11.6 Å². The third-order valence-electron chi connectivity index (χ3n) is 2.18. The van der Waals surface area contributed by atoms with Crippen LogP contribution in [0.5, 0.6) is 0 Å². The normalized spacial score (nSPS) is 10.6. The second-order valence-corrected chi connectivity index (χ2v) is 4.78. The Balaban J connectivity index is 1.87. The lowest BCUT2D eigenvalue weighted by molar-refractivity contribution is -0.113. The minimum absolute atomic E-state index is 0.106. The Bertz CT molecular complexity index is 560. The minimum atomic E-state index is -0.106. The fourth-order valence-corrected chi connectivity index (χ4v) is 2.07. The highest BCUT2D eigenvalue weighted by Gasteiger charge is 2.09. The first-order valence-electron chi connectivity index (χ1n) is 5.37. The van der Waals surface area contributed by atoms with Crippen molar-refractivity contribution in [1.82, 2.24) is 25.0 Å².